The quantitative estimate of drug-likeness (QED) is 0.823. The Hall–Kier alpha value is -0.380. The van der Waals surface area contributed by atoms with Crippen LogP contribution in [0.5, 0.6) is 0 Å². The highest BCUT2D eigenvalue weighted by Crippen LogP contribution is 2.44. The summed E-state index contributed by atoms with van der Waals surface area (Å²) in [5.74, 6) is 0. The molecule has 3 N–H and O–H groups in total. The van der Waals surface area contributed by atoms with Crippen molar-refractivity contribution < 1.29 is 5.11 Å². The summed E-state index contributed by atoms with van der Waals surface area (Å²) >= 11 is 3.52. The molecule has 1 aliphatic rings. The van der Waals surface area contributed by atoms with Gasteiger partial charge in [0.2, 0.25) is 0 Å². The van der Waals surface area contributed by atoms with Crippen molar-refractivity contribution in [2.24, 2.45) is 5.73 Å². The van der Waals surface area contributed by atoms with Crippen molar-refractivity contribution >= 4 is 15.9 Å². The van der Waals surface area contributed by atoms with Crippen molar-refractivity contribution in [1.29, 1.82) is 0 Å². The van der Waals surface area contributed by atoms with Gasteiger partial charge in [-0.1, -0.05) is 34.1 Å². The van der Waals surface area contributed by atoms with E-state index in [4.69, 9.17) is 5.73 Å². The maximum Gasteiger partial charge on any atom is 0.0641 e. The maximum absolute atomic E-state index is 9.99. The number of nitrogens with two attached hydrogens (primary N) is 1. The predicted octanol–water partition coefficient (Wildman–Crippen LogP) is 2.54. The minimum atomic E-state index is -0.621. The molecule has 2 rings (SSSR count). The second-order valence-electron chi connectivity index (χ2n) is 4.81. The number of hydrogen-bond donors (Lipinski definition) is 2. The first kappa shape index (κ1) is 11.1. The average molecular weight is 270 g/mol. The first-order valence-corrected chi connectivity index (χ1v) is 5.99. The lowest BCUT2D eigenvalue weighted by molar-refractivity contribution is 0.0610. The number of rotatable bonds is 1. The third-order valence-electron chi connectivity index (χ3n) is 3.22. The zero-order valence-electron chi connectivity index (χ0n) is 8.83. The molecule has 1 aromatic rings. The summed E-state index contributed by atoms with van der Waals surface area (Å²) < 4.78 is 1.03. The Bertz CT molecular complexity index is 378. The summed E-state index contributed by atoms with van der Waals surface area (Å²) in [4.78, 5) is 0. The Kier molecular flexibility index (Phi) is 2.65. The lowest BCUT2D eigenvalue weighted by atomic mass is 9.88. The van der Waals surface area contributed by atoms with Crippen LogP contribution < -0.4 is 5.73 Å². The van der Waals surface area contributed by atoms with E-state index in [-0.39, 0.29) is 5.54 Å². The third kappa shape index (κ3) is 2.10. The Labute approximate surface area is 98.6 Å². The van der Waals surface area contributed by atoms with Crippen molar-refractivity contribution in [2.45, 2.75) is 37.3 Å². The standard InChI is InChI=1S/C12H16BrNO/c1-11(15)6-7-12(14,8-11)9-4-2-3-5-10(9)13/h2-5,15H,6-8,14H2,1H3. The van der Waals surface area contributed by atoms with Crippen LogP contribution >= 0.6 is 15.9 Å². The Morgan fingerprint density at radius 2 is 2.00 bits per heavy atom. The summed E-state index contributed by atoms with van der Waals surface area (Å²) in [5.41, 5.74) is 6.46. The minimum absolute atomic E-state index is 0.385. The number of halogens is 1. The van der Waals surface area contributed by atoms with Crippen LogP contribution in [0.3, 0.4) is 0 Å². The van der Waals surface area contributed by atoms with Gasteiger partial charge in [0.05, 0.1) is 5.60 Å². The lowest BCUT2D eigenvalue weighted by Gasteiger charge is -2.27. The van der Waals surface area contributed by atoms with Crippen molar-refractivity contribution in [3.8, 4) is 0 Å². The van der Waals surface area contributed by atoms with E-state index in [0.29, 0.717) is 6.42 Å². The third-order valence-corrected chi connectivity index (χ3v) is 3.91. The van der Waals surface area contributed by atoms with E-state index in [0.717, 1.165) is 22.9 Å². The van der Waals surface area contributed by atoms with Gasteiger partial charge >= 0.3 is 0 Å². The van der Waals surface area contributed by atoms with E-state index in [1.54, 1.807) is 0 Å². The molecule has 0 bridgehead atoms. The van der Waals surface area contributed by atoms with Crippen molar-refractivity contribution in [3.05, 3.63) is 34.3 Å². The van der Waals surface area contributed by atoms with E-state index in [1.165, 1.54) is 0 Å². The number of hydrogen-bond acceptors (Lipinski definition) is 2. The fourth-order valence-corrected chi connectivity index (χ4v) is 3.12. The molecular formula is C12H16BrNO. The molecule has 0 aliphatic heterocycles. The molecule has 1 saturated carbocycles. The Morgan fingerprint density at radius 1 is 1.33 bits per heavy atom. The molecule has 0 amide bonds. The molecule has 0 spiro atoms. The molecular weight excluding hydrogens is 254 g/mol. The molecule has 3 heteroatoms. The lowest BCUT2D eigenvalue weighted by Crippen LogP contribution is -2.36. The van der Waals surface area contributed by atoms with E-state index in [1.807, 2.05) is 31.2 Å². The molecule has 1 aliphatic carbocycles. The first-order chi connectivity index (χ1) is 6.93. The van der Waals surface area contributed by atoms with E-state index < -0.39 is 5.60 Å². The molecule has 1 aromatic carbocycles. The van der Waals surface area contributed by atoms with Crippen LogP contribution in [0.2, 0.25) is 0 Å². The highest BCUT2D eigenvalue weighted by atomic mass is 79.9. The van der Waals surface area contributed by atoms with Crippen LogP contribution in [-0.4, -0.2) is 10.7 Å². The van der Waals surface area contributed by atoms with E-state index >= 15 is 0 Å². The van der Waals surface area contributed by atoms with Crippen molar-refractivity contribution in [1.82, 2.24) is 0 Å². The van der Waals surface area contributed by atoms with Crippen LogP contribution in [0.25, 0.3) is 0 Å². The molecule has 2 atom stereocenters. The molecule has 0 radical (unpaired) electrons. The number of benzene rings is 1. The Morgan fingerprint density at radius 3 is 2.53 bits per heavy atom. The zero-order chi connectivity index (χ0) is 11.1. The van der Waals surface area contributed by atoms with Crippen molar-refractivity contribution in [3.63, 3.8) is 0 Å². The maximum atomic E-state index is 9.99. The fraction of sp³-hybridized carbons (Fsp3) is 0.500. The SMILES string of the molecule is CC1(O)CCC(N)(c2ccccc2Br)C1. The van der Waals surface area contributed by atoms with Crippen LogP contribution in [0, 0.1) is 0 Å². The monoisotopic (exact) mass is 269 g/mol. The van der Waals surface area contributed by atoms with E-state index in [9.17, 15) is 5.11 Å². The Balaban J connectivity index is 2.36. The smallest absolute Gasteiger partial charge is 0.0641 e. The number of aliphatic hydroxyl groups is 1. The fourth-order valence-electron chi connectivity index (χ4n) is 2.44. The normalized spacial score (nSPS) is 35.7. The molecule has 1 fully saturated rings. The second kappa shape index (κ2) is 3.58. The highest BCUT2D eigenvalue weighted by molar-refractivity contribution is 9.10. The van der Waals surface area contributed by atoms with Gasteiger partial charge in [0, 0.05) is 10.0 Å². The van der Waals surface area contributed by atoms with Gasteiger partial charge in [0.1, 0.15) is 0 Å². The topological polar surface area (TPSA) is 46.2 Å². The van der Waals surface area contributed by atoms with Gasteiger partial charge in [0.25, 0.3) is 0 Å². The molecule has 15 heavy (non-hydrogen) atoms. The average Bonchev–Trinajstić information content (AvgIpc) is 2.42. The summed E-state index contributed by atoms with van der Waals surface area (Å²) in [6, 6.07) is 7.99. The van der Waals surface area contributed by atoms with Crippen LogP contribution in [0.1, 0.15) is 31.7 Å². The van der Waals surface area contributed by atoms with Gasteiger partial charge in [-0.15, -0.1) is 0 Å². The van der Waals surface area contributed by atoms with Crippen LogP contribution in [-0.2, 0) is 5.54 Å². The molecule has 2 nitrogen and oxygen atoms in total. The molecule has 82 valence electrons. The van der Waals surface area contributed by atoms with Gasteiger partial charge in [-0.2, -0.15) is 0 Å². The molecule has 0 aromatic heterocycles. The van der Waals surface area contributed by atoms with Crippen molar-refractivity contribution in [2.75, 3.05) is 0 Å². The summed E-state index contributed by atoms with van der Waals surface area (Å²) in [6.45, 7) is 1.86. The van der Waals surface area contributed by atoms with Gasteiger partial charge in [-0.05, 0) is 37.8 Å². The molecule has 2 unspecified atom stereocenters. The van der Waals surface area contributed by atoms with Crippen LogP contribution in [0.15, 0.2) is 28.7 Å². The first-order valence-electron chi connectivity index (χ1n) is 5.19. The summed E-state index contributed by atoms with van der Waals surface area (Å²) in [6.07, 6.45) is 2.23. The van der Waals surface area contributed by atoms with Crippen LogP contribution in [0.4, 0.5) is 0 Å². The summed E-state index contributed by atoms with van der Waals surface area (Å²) in [7, 11) is 0. The summed E-state index contributed by atoms with van der Waals surface area (Å²) in [5, 5.41) is 9.99. The van der Waals surface area contributed by atoms with E-state index in [2.05, 4.69) is 15.9 Å². The molecule has 0 saturated heterocycles. The van der Waals surface area contributed by atoms with Gasteiger partial charge in [-0.3, -0.25) is 0 Å². The van der Waals surface area contributed by atoms with Gasteiger partial charge in [0.15, 0.2) is 0 Å². The molecule has 0 heterocycles. The highest BCUT2D eigenvalue weighted by Gasteiger charge is 2.43. The van der Waals surface area contributed by atoms with Gasteiger partial charge < -0.3 is 10.8 Å². The van der Waals surface area contributed by atoms with Gasteiger partial charge in [-0.25, -0.2) is 0 Å². The predicted molar refractivity (Wildman–Crippen MR) is 64.5 cm³/mol. The second-order valence-corrected chi connectivity index (χ2v) is 5.66. The zero-order valence-corrected chi connectivity index (χ0v) is 10.4. The largest absolute Gasteiger partial charge is 0.390 e. The minimum Gasteiger partial charge on any atom is -0.390 e.